The van der Waals surface area contributed by atoms with Crippen molar-refractivity contribution < 1.29 is 4.79 Å². The van der Waals surface area contributed by atoms with E-state index in [2.05, 4.69) is 32.2 Å². The lowest BCUT2D eigenvalue weighted by Gasteiger charge is -2.38. The molecular formula is C21H27N5O. The molecule has 0 bridgehead atoms. The predicted octanol–water partition coefficient (Wildman–Crippen LogP) is 3.18. The highest BCUT2D eigenvalue weighted by Crippen LogP contribution is 2.27. The van der Waals surface area contributed by atoms with Crippen molar-refractivity contribution in [1.29, 1.82) is 0 Å². The smallest absolute Gasteiger partial charge is 0.276 e. The number of hydrogen-bond acceptors (Lipinski definition) is 5. The Bertz CT molecular complexity index is 756. The Labute approximate surface area is 160 Å². The van der Waals surface area contributed by atoms with Crippen LogP contribution in [0.5, 0.6) is 0 Å². The third-order valence-electron chi connectivity index (χ3n) is 5.78. The number of nitrogens with one attached hydrogen (secondary N) is 1. The maximum atomic E-state index is 12.3. The van der Waals surface area contributed by atoms with E-state index in [9.17, 15) is 4.79 Å². The molecule has 1 unspecified atom stereocenters. The Balaban J connectivity index is 1.33. The van der Waals surface area contributed by atoms with E-state index in [0.29, 0.717) is 11.7 Å². The monoisotopic (exact) mass is 365 g/mol. The van der Waals surface area contributed by atoms with Gasteiger partial charge in [-0.1, -0.05) is 18.2 Å². The second kappa shape index (κ2) is 8.05. The number of para-hydroxylation sites is 1. The predicted molar refractivity (Wildman–Crippen MR) is 107 cm³/mol. The van der Waals surface area contributed by atoms with Crippen molar-refractivity contribution in [1.82, 2.24) is 15.1 Å². The summed E-state index contributed by atoms with van der Waals surface area (Å²) < 4.78 is 0. The summed E-state index contributed by atoms with van der Waals surface area (Å²) in [6.07, 6.45) is 5.00. The molecule has 142 valence electrons. The van der Waals surface area contributed by atoms with Gasteiger partial charge in [0, 0.05) is 30.9 Å². The van der Waals surface area contributed by atoms with Gasteiger partial charge >= 0.3 is 0 Å². The third-order valence-corrected chi connectivity index (χ3v) is 5.78. The molecule has 0 aliphatic carbocycles. The minimum atomic E-state index is -0.234. The first kappa shape index (κ1) is 17.9. The largest absolute Gasteiger partial charge is 0.355 e. The number of aromatic nitrogens is 2. The molecule has 1 amide bonds. The number of nitrogens with zero attached hydrogens (tertiary/aromatic N) is 4. The molecular weight excluding hydrogens is 338 g/mol. The Hall–Kier alpha value is -2.47. The molecule has 1 atom stereocenters. The summed E-state index contributed by atoms with van der Waals surface area (Å²) in [5.41, 5.74) is 1.09. The van der Waals surface area contributed by atoms with E-state index in [-0.39, 0.29) is 5.91 Å². The summed E-state index contributed by atoms with van der Waals surface area (Å²) in [6, 6.07) is 14.5. The zero-order valence-electron chi connectivity index (χ0n) is 15.8. The quantitative estimate of drug-likeness (QED) is 0.902. The second-order valence-corrected chi connectivity index (χ2v) is 7.54. The Morgan fingerprint density at radius 2 is 1.78 bits per heavy atom. The summed E-state index contributed by atoms with van der Waals surface area (Å²) in [7, 11) is 0. The van der Waals surface area contributed by atoms with Gasteiger partial charge in [-0.15, -0.1) is 10.2 Å². The van der Waals surface area contributed by atoms with E-state index in [0.717, 1.165) is 30.6 Å². The van der Waals surface area contributed by atoms with Gasteiger partial charge in [0.15, 0.2) is 11.5 Å². The van der Waals surface area contributed by atoms with E-state index in [1.807, 2.05) is 36.4 Å². The molecule has 2 saturated heterocycles. The van der Waals surface area contributed by atoms with Crippen LogP contribution in [0.3, 0.4) is 0 Å². The Morgan fingerprint density at radius 3 is 2.41 bits per heavy atom. The average molecular weight is 365 g/mol. The highest BCUT2D eigenvalue weighted by atomic mass is 16.1. The van der Waals surface area contributed by atoms with E-state index in [1.54, 1.807) is 6.07 Å². The second-order valence-electron chi connectivity index (χ2n) is 7.54. The van der Waals surface area contributed by atoms with Crippen LogP contribution in [0.4, 0.5) is 11.5 Å². The van der Waals surface area contributed by atoms with Crippen LogP contribution in [0.25, 0.3) is 0 Å². The minimum absolute atomic E-state index is 0.234. The van der Waals surface area contributed by atoms with Crippen LogP contribution in [0.2, 0.25) is 0 Å². The van der Waals surface area contributed by atoms with Crippen LogP contribution in [-0.2, 0) is 0 Å². The molecule has 0 spiro atoms. The third kappa shape index (κ3) is 4.11. The molecule has 4 rings (SSSR count). The lowest BCUT2D eigenvalue weighted by Crippen LogP contribution is -2.46. The van der Waals surface area contributed by atoms with Crippen LogP contribution in [0.1, 0.15) is 43.1 Å². The van der Waals surface area contributed by atoms with Crippen molar-refractivity contribution in [3.63, 3.8) is 0 Å². The van der Waals surface area contributed by atoms with Gasteiger partial charge in [-0.05, 0) is 63.4 Å². The number of likely N-dealkylation sites (tertiary alicyclic amines) is 1. The van der Waals surface area contributed by atoms with Gasteiger partial charge in [-0.2, -0.15) is 0 Å². The molecule has 2 aromatic rings. The normalized spacial score (nSPS) is 21.4. The van der Waals surface area contributed by atoms with E-state index >= 15 is 0 Å². The summed E-state index contributed by atoms with van der Waals surface area (Å²) in [5, 5.41) is 11.3. The molecule has 1 aromatic carbocycles. The van der Waals surface area contributed by atoms with Crippen LogP contribution in [-0.4, -0.2) is 52.7 Å². The number of hydrogen-bond donors (Lipinski definition) is 1. The molecule has 6 nitrogen and oxygen atoms in total. The SMILES string of the molecule is CC1CCCN1C1CCN(c2ccc(C(=O)Nc3ccccc3)nn2)CC1. The van der Waals surface area contributed by atoms with Crippen LogP contribution < -0.4 is 10.2 Å². The summed E-state index contributed by atoms with van der Waals surface area (Å²) in [5.74, 6) is 0.626. The van der Waals surface area contributed by atoms with Crippen molar-refractivity contribution in [2.45, 2.75) is 44.7 Å². The van der Waals surface area contributed by atoms with Gasteiger partial charge in [-0.25, -0.2) is 0 Å². The Morgan fingerprint density at radius 1 is 1.00 bits per heavy atom. The van der Waals surface area contributed by atoms with Gasteiger partial charge in [-0.3, -0.25) is 9.69 Å². The fourth-order valence-corrected chi connectivity index (χ4v) is 4.26. The highest BCUT2D eigenvalue weighted by molar-refractivity contribution is 6.02. The topological polar surface area (TPSA) is 61.4 Å². The molecule has 1 aromatic heterocycles. The van der Waals surface area contributed by atoms with Crippen molar-refractivity contribution >= 4 is 17.4 Å². The highest BCUT2D eigenvalue weighted by Gasteiger charge is 2.30. The van der Waals surface area contributed by atoms with Crippen LogP contribution in [0.15, 0.2) is 42.5 Å². The molecule has 2 aliphatic heterocycles. The number of benzene rings is 1. The first-order valence-electron chi connectivity index (χ1n) is 9.91. The lowest BCUT2D eigenvalue weighted by atomic mass is 10.0. The average Bonchev–Trinajstić information content (AvgIpc) is 3.15. The summed E-state index contributed by atoms with van der Waals surface area (Å²) in [4.78, 5) is 17.3. The van der Waals surface area contributed by atoms with Gasteiger partial charge < -0.3 is 10.2 Å². The zero-order chi connectivity index (χ0) is 18.6. The van der Waals surface area contributed by atoms with E-state index in [1.165, 1.54) is 32.2 Å². The fourth-order valence-electron chi connectivity index (χ4n) is 4.26. The minimum Gasteiger partial charge on any atom is -0.355 e. The number of amides is 1. The van der Waals surface area contributed by atoms with Crippen molar-refractivity contribution in [2.24, 2.45) is 0 Å². The van der Waals surface area contributed by atoms with Gasteiger partial charge in [0.25, 0.3) is 5.91 Å². The molecule has 3 heterocycles. The zero-order valence-corrected chi connectivity index (χ0v) is 15.8. The number of carbonyl (C=O) groups is 1. The van der Waals surface area contributed by atoms with Gasteiger partial charge in [0.1, 0.15) is 0 Å². The number of anilines is 2. The van der Waals surface area contributed by atoms with Crippen molar-refractivity contribution in [2.75, 3.05) is 29.9 Å². The maximum absolute atomic E-state index is 12.3. The van der Waals surface area contributed by atoms with E-state index in [4.69, 9.17) is 0 Å². The Kier molecular flexibility index (Phi) is 5.34. The molecule has 6 heteroatoms. The molecule has 27 heavy (non-hydrogen) atoms. The molecule has 0 radical (unpaired) electrons. The number of carbonyl (C=O) groups excluding carboxylic acids is 1. The molecule has 2 fully saturated rings. The fraction of sp³-hybridized carbons (Fsp3) is 0.476. The van der Waals surface area contributed by atoms with E-state index < -0.39 is 0 Å². The van der Waals surface area contributed by atoms with Crippen molar-refractivity contribution in [3.05, 3.63) is 48.2 Å². The van der Waals surface area contributed by atoms with Crippen LogP contribution >= 0.6 is 0 Å². The molecule has 2 aliphatic rings. The number of rotatable bonds is 4. The molecule has 0 saturated carbocycles. The standard InChI is InChI=1S/C21H27N5O/c1-16-6-5-13-26(16)18-11-14-25(15-12-18)20-10-9-19(23-24-20)21(27)22-17-7-3-2-4-8-17/h2-4,7-10,16,18H,5-6,11-15H2,1H3,(H,22,27). The van der Waals surface area contributed by atoms with Crippen molar-refractivity contribution in [3.8, 4) is 0 Å². The summed E-state index contributed by atoms with van der Waals surface area (Å²) in [6.45, 7) is 5.59. The van der Waals surface area contributed by atoms with Crippen LogP contribution in [0, 0.1) is 0 Å². The first-order chi connectivity index (χ1) is 13.2. The first-order valence-corrected chi connectivity index (χ1v) is 9.91. The number of piperidine rings is 1. The van der Waals surface area contributed by atoms with Gasteiger partial charge in [0.2, 0.25) is 0 Å². The van der Waals surface area contributed by atoms with Gasteiger partial charge in [0.05, 0.1) is 0 Å². The lowest BCUT2D eigenvalue weighted by molar-refractivity contribution is 0.102. The molecule has 1 N–H and O–H groups in total. The maximum Gasteiger partial charge on any atom is 0.276 e. The summed E-state index contributed by atoms with van der Waals surface area (Å²) >= 11 is 0.